The molecule has 0 unspecified atom stereocenters. The fourth-order valence-corrected chi connectivity index (χ4v) is 2.06. The Labute approximate surface area is 129 Å². The second-order valence-corrected chi connectivity index (χ2v) is 5.32. The van der Waals surface area contributed by atoms with Gasteiger partial charge in [0.25, 0.3) is 5.91 Å². The molecular weight excluding hydrogens is 288 g/mol. The summed E-state index contributed by atoms with van der Waals surface area (Å²) in [6.07, 6.45) is 0. The Morgan fingerprint density at radius 1 is 1.19 bits per heavy atom. The van der Waals surface area contributed by atoms with Gasteiger partial charge in [-0.2, -0.15) is 0 Å². The van der Waals surface area contributed by atoms with E-state index in [-0.39, 0.29) is 11.7 Å². The Kier molecular flexibility index (Phi) is 4.70. The maximum absolute atomic E-state index is 12.0. The van der Waals surface area contributed by atoms with Gasteiger partial charge in [-0.25, -0.2) is 0 Å². The van der Waals surface area contributed by atoms with Crippen molar-refractivity contribution in [3.63, 3.8) is 0 Å². The van der Waals surface area contributed by atoms with Crippen molar-refractivity contribution in [3.05, 3.63) is 58.6 Å². The molecule has 4 nitrogen and oxygen atoms in total. The molecule has 0 atom stereocenters. The number of nitrogens with one attached hydrogen (secondary N) is 1. The highest BCUT2D eigenvalue weighted by atomic mass is 35.5. The normalized spacial score (nSPS) is 10.2. The molecule has 21 heavy (non-hydrogen) atoms. The molecule has 0 aliphatic carbocycles. The number of benzene rings is 2. The van der Waals surface area contributed by atoms with Crippen LogP contribution in [0.15, 0.2) is 42.5 Å². The topological polar surface area (TPSA) is 52.6 Å². The molecule has 0 saturated carbocycles. The van der Waals surface area contributed by atoms with Crippen molar-refractivity contribution in [1.29, 1.82) is 0 Å². The minimum atomic E-state index is -0.131. The first kappa shape index (κ1) is 15.2. The molecular formula is C16H17ClN2O2. The van der Waals surface area contributed by atoms with E-state index in [4.69, 9.17) is 11.6 Å². The largest absolute Gasteiger partial charge is 0.508 e. The highest BCUT2D eigenvalue weighted by molar-refractivity contribution is 6.34. The van der Waals surface area contributed by atoms with E-state index >= 15 is 0 Å². The van der Waals surface area contributed by atoms with E-state index in [1.807, 2.05) is 18.2 Å². The van der Waals surface area contributed by atoms with E-state index in [0.29, 0.717) is 17.1 Å². The standard InChI is InChI=1S/C16H17ClN2O2/c1-19(2)16(21)14-9-12(5-8-15(14)17)18-10-11-3-6-13(20)7-4-11/h3-9,18,20H,10H2,1-2H3. The number of halogens is 1. The van der Waals surface area contributed by atoms with E-state index in [1.54, 1.807) is 38.4 Å². The van der Waals surface area contributed by atoms with Gasteiger partial charge < -0.3 is 15.3 Å². The number of carbonyl (C=O) groups excluding carboxylic acids is 1. The van der Waals surface area contributed by atoms with Crippen LogP contribution >= 0.6 is 11.6 Å². The number of phenolic OH excluding ortho intramolecular Hbond substituents is 1. The number of hydrogen-bond donors (Lipinski definition) is 2. The van der Waals surface area contributed by atoms with Gasteiger partial charge >= 0.3 is 0 Å². The van der Waals surface area contributed by atoms with Crippen LogP contribution < -0.4 is 5.32 Å². The maximum atomic E-state index is 12.0. The number of anilines is 1. The minimum absolute atomic E-state index is 0.131. The summed E-state index contributed by atoms with van der Waals surface area (Å²) >= 11 is 6.07. The molecule has 5 heteroatoms. The predicted molar refractivity (Wildman–Crippen MR) is 84.9 cm³/mol. The molecule has 1 amide bonds. The second kappa shape index (κ2) is 6.50. The molecule has 2 rings (SSSR count). The first-order valence-corrected chi connectivity index (χ1v) is 6.88. The number of carbonyl (C=O) groups is 1. The number of nitrogens with zero attached hydrogens (tertiary/aromatic N) is 1. The molecule has 0 spiro atoms. The molecule has 0 aliphatic heterocycles. The van der Waals surface area contributed by atoms with Crippen LogP contribution in [0.25, 0.3) is 0 Å². The van der Waals surface area contributed by atoms with E-state index in [1.165, 1.54) is 4.90 Å². The van der Waals surface area contributed by atoms with Crippen molar-refractivity contribution < 1.29 is 9.90 Å². The number of phenols is 1. The predicted octanol–water partition coefficient (Wildman–Crippen LogP) is 3.36. The first-order valence-electron chi connectivity index (χ1n) is 6.50. The summed E-state index contributed by atoms with van der Waals surface area (Å²) in [6.45, 7) is 0.595. The summed E-state index contributed by atoms with van der Waals surface area (Å²) in [5, 5.41) is 12.9. The lowest BCUT2D eigenvalue weighted by atomic mass is 10.1. The summed E-state index contributed by atoms with van der Waals surface area (Å²) < 4.78 is 0. The lowest BCUT2D eigenvalue weighted by molar-refractivity contribution is 0.0828. The van der Waals surface area contributed by atoms with Crippen LogP contribution in [0, 0.1) is 0 Å². The molecule has 2 aromatic carbocycles. The lowest BCUT2D eigenvalue weighted by Gasteiger charge is -2.13. The third-order valence-electron chi connectivity index (χ3n) is 3.04. The fraction of sp³-hybridized carbons (Fsp3) is 0.188. The van der Waals surface area contributed by atoms with Crippen LogP contribution in [-0.4, -0.2) is 30.0 Å². The quantitative estimate of drug-likeness (QED) is 0.910. The average Bonchev–Trinajstić information content (AvgIpc) is 2.47. The summed E-state index contributed by atoms with van der Waals surface area (Å²) in [7, 11) is 3.38. The number of amides is 1. The Morgan fingerprint density at radius 2 is 1.86 bits per heavy atom. The zero-order chi connectivity index (χ0) is 15.4. The van der Waals surface area contributed by atoms with Crippen LogP contribution in [0.5, 0.6) is 5.75 Å². The lowest BCUT2D eigenvalue weighted by Crippen LogP contribution is -2.22. The van der Waals surface area contributed by atoms with Crippen molar-refractivity contribution in [3.8, 4) is 5.75 Å². The van der Waals surface area contributed by atoms with Crippen LogP contribution in [0.3, 0.4) is 0 Å². The van der Waals surface area contributed by atoms with Gasteiger partial charge in [-0.3, -0.25) is 4.79 Å². The van der Waals surface area contributed by atoms with Crippen LogP contribution in [0.4, 0.5) is 5.69 Å². The maximum Gasteiger partial charge on any atom is 0.254 e. The van der Waals surface area contributed by atoms with Gasteiger partial charge in [0.1, 0.15) is 5.75 Å². The molecule has 0 fully saturated rings. The molecule has 0 bridgehead atoms. The third-order valence-corrected chi connectivity index (χ3v) is 3.37. The van der Waals surface area contributed by atoms with Crippen LogP contribution in [0.1, 0.15) is 15.9 Å². The molecule has 2 N–H and O–H groups in total. The Bertz CT molecular complexity index is 639. The second-order valence-electron chi connectivity index (χ2n) is 4.91. The van der Waals surface area contributed by atoms with Gasteiger partial charge in [-0.15, -0.1) is 0 Å². The molecule has 0 heterocycles. The van der Waals surface area contributed by atoms with Crippen molar-refractivity contribution in [2.75, 3.05) is 19.4 Å². The smallest absolute Gasteiger partial charge is 0.254 e. The molecule has 0 aliphatic rings. The average molecular weight is 305 g/mol. The zero-order valence-corrected chi connectivity index (χ0v) is 12.7. The van der Waals surface area contributed by atoms with Gasteiger partial charge in [0.2, 0.25) is 0 Å². The molecule has 0 radical (unpaired) electrons. The summed E-state index contributed by atoms with van der Waals surface area (Å²) in [5.74, 6) is 0.109. The van der Waals surface area contributed by atoms with Crippen molar-refractivity contribution in [1.82, 2.24) is 4.90 Å². The fourth-order valence-electron chi connectivity index (χ4n) is 1.86. The summed E-state index contributed by atoms with van der Waals surface area (Å²) in [4.78, 5) is 13.5. The van der Waals surface area contributed by atoms with Crippen LogP contribution in [0.2, 0.25) is 5.02 Å². The molecule has 0 aromatic heterocycles. The highest BCUT2D eigenvalue weighted by Gasteiger charge is 2.12. The number of aromatic hydroxyl groups is 1. The highest BCUT2D eigenvalue weighted by Crippen LogP contribution is 2.22. The zero-order valence-electron chi connectivity index (χ0n) is 11.9. The Hall–Kier alpha value is -2.20. The monoisotopic (exact) mass is 304 g/mol. The Morgan fingerprint density at radius 3 is 2.48 bits per heavy atom. The molecule has 110 valence electrons. The van der Waals surface area contributed by atoms with Gasteiger partial charge in [0, 0.05) is 26.3 Å². The van der Waals surface area contributed by atoms with Gasteiger partial charge in [0.05, 0.1) is 10.6 Å². The first-order chi connectivity index (χ1) is 9.97. The van der Waals surface area contributed by atoms with Gasteiger partial charge in [0.15, 0.2) is 0 Å². The van der Waals surface area contributed by atoms with Crippen molar-refractivity contribution in [2.24, 2.45) is 0 Å². The Balaban J connectivity index is 2.12. The van der Waals surface area contributed by atoms with E-state index < -0.39 is 0 Å². The van der Waals surface area contributed by atoms with Crippen molar-refractivity contribution >= 4 is 23.2 Å². The van der Waals surface area contributed by atoms with E-state index in [2.05, 4.69) is 5.32 Å². The summed E-state index contributed by atoms with van der Waals surface area (Å²) in [5.41, 5.74) is 2.32. The third kappa shape index (κ3) is 3.89. The molecule has 2 aromatic rings. The number of rotatable bonds is 4. The molecule has 0 saturated heterocycles. The van der Waals surface area contributed by atoms with E-state index in [9.17, 15) is 9.90 Å². The number of hydrogen-bond acceptors (Lipinski definition) is 3. The van der Waals surface area contributed by atoms with Gasteiger partial charge in [-0.05, 0) is 35.9 Å². The minimum Gasteiger partial charge on any atom is -0.508 e. The van der Waals surface area contributed by atoms with Crippen LogP contribution in [-0.2, 0) is 6.54 Å². The van der Waals surface area contributed by atoms with Gasteiger partial charge in [-0.1, -0.05) is 23.7 Å². The van der Waals surface area contributed by atoms with E-state index in [0.717, 1.165) is 11.3 Å². The summed E-state index contributed by atoms with van der Waals surface area (Å²) in [6, 6.07) is 12.2. The van der Waals surface area contributed by atoms with Crippen molar-refractivity contribution in [2.45, 2.75) is 6.54 Å². The SMILES string of the molecule is CN(C)C(=O)c1cc(NCc2ccc(O)cc2)ccc1Cl.